The van der Waals surface area contributed by atoms with E-state index >= 15 is 0 Å². The number of hydrogen-bond acceptors (Lipinski definition) is 6. The summed E-state index contributed by atoms with van der Waals surface area (Å²) in [5.41, 5.74) is 0. The van der Waals surface area contributed by atoms with Crippen molar-refractivity contribution in [3.05, 3.63) is 5.01 Å². The highest BCUT2D eigenvalue weighted by Crippen LogP contribution is 2.16. The van der Waals surface area contributed by atoms with Gasteiger partial charge in [0.1, 0.15) is 5.01 Å². The molecule has 7 heteroatoms. The quantitative estimate of drug-likeness (QED) is 0.764. The monoisotopic (exact) mass is 271 g/mol. The predicted molar refractivity (Wildman–Crippen MR) is 68.4 cm³/mol. The Hall–Kier alpha value is -1.50. The summed E-state index contributed by atoms with van der Waals surface area (Å²) in [6.07, 6.45) is 2.39. The fourth-order valence-corrected chi connectivity index (χ4v) is 1.97. The first-order chi connectivity index (χ1) is 8.65. The zero-order chi connectivity index (χ0) is 13.4. The van der Waals surface area contributed by atoms with Crippen LogP contribution in [0.2, 0.25) is 0 Å². The minimum absolute atomic E-state index is 0.0734. The van der Waals surface area contributed by atoms with Gasteiger partial charge >= 0.3 is 5.97 Å². The van der Waals surface area contributed by atoms with Gasteiger partial charge in [0.15, 0.2) is 0 Å². The van der Waals surface area contributed by atoms with Crippen LogP contribution in [0.3, 0.4) is 0 Å². The number of hydrogen-bond donors (Lipinski definition) is 1. The van der Waals surface area contributed by atoms with Crippen LogP contribution in [0.15, 0.2) is 0 Å². The highest BCUT2D eigenvalue weighted by atomic mass is 32.1. The molecule has 0 fully saturated rings. The Morgan fingerprint density at radius 3 is 2.78 bits per heavy atom. The Morgan fingerprint density at radius 2 is 2.11 bits per heavy atom. The van der Waals surface area contributed by atoms with Gasteiger partial charge in [0.25, 0.3) is 0 Å². The summed E-state index contributed by atoms with van der Waals surface area (Å²) in [5, 5.41) is 11.3. The van der Waals surface area contributed by atoms with Crippen molar-refractivity contribution in [2.24, 2.45) is 0 Å². The molecule has 1 heterocycles. The maximum absolute atomic E-state index is 11.4. The Labute approximate surface area is 110 Å². The van der Waals surface area contributed by atoms with E-state index in [0.717, 1.165) is 12.8 Å². The third-order valence-corrected chi connectivity index (χ3v) is 2.91. The highest BCUT2D eigenvalue weighted by molar-refractivity contribution is 7.15. The molecule has 0 saturated heterocycles. The van der Waals surface area contributed by atoms with Crippen LogP contribution in [-0.4, -0.2) is 28.7 Å². The van der Waals surface area contributed by atoms with Crippen LogP contribution in [0, 0.1) is 0 Å². The maximum atomic E-state index is 11.4. The SMILES string of the molecule is CCCCC(=O)Nc1nnc(CC(=O)OCC)s1. The predicted octanol–water partition coefficient (Wildman–Crippen LogP) is 1.77. The molecule has 1 amide bonds. The van der Waals surface area contributed by atoms with Crippen LogP contribution < -0.4 is 5.32 Å². The van der Waals surface area contributed by atoms with Gasteiger partial charge in [-0.05, 0) is 13.3 Å². The summed E-state index contributed by atoms with van der Waals surface area (Å²) in [6.45, 7) is 4.12. The number of carbonyl (C=O) groups is 2. The summed E-state index contributed by atoms with van der Waals surface area (Å²) < 4.78 is 4.80. The van der Waals surface area contributed by atoms with E-state index in [1.165, 1.54) is 11.3 Å². The summed E-state index contributed by atoms with van der Waals surface area (Å²) in [4.78, 5) is 22.7. The molecule has 100 valence electrons. The molecule has 1 aromatic heterocycles. The number of anilines is 1. The number of unbranched alkanes of at least 4 members (excludes halogenated alkanes) is 1. The van der Waals surface area contributed by atoms with Crippen molar-refractivity contribution in [1.29, 1.82) is 0 Å². The molecule has 18 heavy (non-hydrogen) atoms. The fourth-order valence-electron chi connectivity index (χ4n) is 1.23. The zero-order valence-corrected chi connectivity index (χ0v) is 11.4. The average molecular weight is 271 g/mol. The molecule has 0 aromatic carbocycles. The molecule has 0 aliphatic rings. The van der Waals surface area contributed by atoms with E-state index in [2.05, 4.69) is 15.5 Å². The first kappa shape index (κ1) is 14.6. The summed E-state index contributed by atoms with van der Waals surface area (Å²) >= 11 is 1.19. The normalized spacial score (nSPS) is 10.1. The smallest absolute Gasteiger partial charge is 0.312 e. The van der Waals surface area contributed by atoms with Gasteiger partial charge in [-0.25, -0.2) is 0 Å². The van der Waals surface area contributed by atoms with Crippen molar-refractivity contribution in [2.45, 2.75) is 39.5 Å². The standard InChI is InChI=1S/C11H17N3O3S/c1-3-5-6-8(15)12-11-14-13-9(18-11)7-10(16)17-4-2/h3-7H2,1-2H3,(H,12,14,15). The minimum Gasteiger partial charge on any atom is -0.466 e. The molecular weight excluding hydrogens is 254 g/mol. The molecule has 0 radical (unpaired) electrons. The topological polar surface area (TPSA) is 81.2 Å². The van der Waals surface area contributed by atoms with Crippen LogP contribution in [0.1, 0.15) is 38.1 Å². The Bertz CT molecular complexity index is 406. The fraction of sp³-hybridized carbons (Fsp3) is 0.636. The Balaban J connectivity index is 2.43. The molecule has 0 aliphatic carbocycles. The van der Waals surface area contributed by atoms with Gasteiger partial charge in [0.2, 0.25) is 11.0 Å². The van der Waals surface area contributed by atoms with Gasteiger partial charge in [-0.3, -0.25) is 9.59 Å². The van der Waals surface area contributed by atoms with Gasteiger partial charge < -0.3 is 10.1 Å². The largest absolute Gasteiger partial charge is 0.466 e. The first-order valence-corrected chi connectivity index (χ1v) is 6.75. The molecule has 1 aromatic rings. The molecule has 0 saturated carbocycles. The number of nitrogens with one attached hydrogen (secondary N) is 1. The Kier molecular flexibility index (Phi) is 6.27. The third kappa shape index (κ3) is 5.22. The summed E-state index contributed by atoms with van der Waals surface area (Å²) in [5.74, 6) is -0.409. The van der Waals surface area contributed by atoms with Crippen molar-refractivity contribution in [3.63, 3.8) is 0 Å². The van der Waals surface area contributed by atoms with Gasteiger partial charge in [0, 0.05) is 6.42 Å². The van der Waals surface area contributed by atoms with E-state index in [-0.39, 0.29) is 18.3 Å². The Morgan fingerprint density at radius 1 is 1.33 bits per heavy atom. The number of esters is 1. The number of ether oxygens (including phenoxy) is 1. The molecule has 0 spiro atoms. The lowest BCUT2D eigenvalue weighted by atomic mass is 10.2. The number of nitrogens with zero attached hydrogens (tertiary/aromatic N) is 2. The molecule has 6 nitrogen and oxygen atoms in total. The highest BCUT2D eigenvalue weighted by Gasteiger charge is 2.11. The number of rotatable bonds is 7. The number of amides is 1. The maximum Gasteiger partial charge on any atom is 0.312 e. The molecule has 0 unspecified atom stereocenters. The van der Waals surface area contributed by atoms with Crippen LogP contribution in [0.5, 0.6) is 0 Å². The summed E-state index contributed by atoms with van der Waals surface area (Å²) in [7, 11) is 0. The number of carbonyl (C=O) groups excluding carboxylic acids is 2. The second-order valence-electron chi connectivity index (χ2n) is 3.63. The zero-order valence-electron chi connectivity index (χ0n) is 10.6. The van der Waals surface area contributed by atoms with E-state index < -0.39 is 0 Å². The van der Waals surface area contributed by atoms with Gasteiger partial charge in [-0.2, -0.15) is 0 Å². The summed E-state index contributed by atoms with van der Waals surface area (Å²) in [6, 6.07) is 0. The lowest BCUT2D eigenvalue weighted by Crippen LogP contribution is -2.10. The van der Waals surface area contributed by atoms with E-state index in [1.807, 2.05) is 6.92 Å². The first-order valence-electron chi connectivity index (χ1n) is 5.93. The van der Waals surface area contributed by atoms with E-state index in [0.29, 0.717) is 23.2 Å². The van der Waals surface area contributed by atoms with Crippen LogP contribution in [-0.2, 0) is 20.7 Å². The molecule has 1 N–H and O–H groups in total. The lowest BCUT2D eigenvalue weighted by molar-refractivity contribution is -0.142. The van der Waals surface area contributed by atoms with Crippen molar-refractivity contribution >= 4 is 28.3 Å². The van der Waals surface area contributed by atoms with E-state index in [9.17, 15) is 9.59 Å². The van der Waals surface area contributed by atoms with E-state index in [1.54, 1.807) is 6.92 Å². The van der Waals surface area contributed by atoms with Crippen LogP contribution in [0.4, 0.5) is 5.13 Å². The van der Waals surface area contributed by atoms with Crippen molar-refractivity contribution < 1.29 is 14.3 Å². The number of aromatic nitrogens is 2. The van der Waals surface area contributed by atoms with Gasteiger partial charge in [-0.1, -0.05) is 24.7 Å². The van der Waals surface area contributed by atoms with Crippen LogP contribution >= 0.6 is 11.3 Å². The van der Waals surface area contributed by atoms with Crippen molar-refractivity contribution in [2.75, 3.05) is 11.9 Å². The van der Waals surface area contributed by atoms with Gasteiger partial charge in [0.05, 0.1) is 13.0 Å². The second-order valence-corrected chi connectivity index (χ2v) is 4.70. The molecular formula is C11H17N3O3S. The van der Waals surface area contributed by atoms with Crippen molar-refractivity contribution in [1.82, 2.24) is 10.2 Å². The molecule has 0 aliphatic heterocycles. The van der Waals surface area contributed by atoms with Crippen molar-refractivity contribution in [3.8, 4) is 0 Å². The molecule has 1 rings (SSSR count). The van der Waals surface area contributed by atoms with Crippen LogP contribution in [0.25, 0.3) is 0 Å². The average Bonchev–Trinajstić information content (AvgIpc) is 2.74. The third-order valence-electron chi connectivity index (χ3n) is 2.07. The minimum atomic E-state index is -0.336. The molecule has 0 bridgehead atoms. The second kappa shape index (κ2) is 7.75. The van der Waals surface area contributed by atoms with E-state index in [4.69, 9.17) is 4.74 Å². The lowest BCUT2D eigenvalue weighted by Gasteiger charge is -1.98. The molecule has 0 atom stereocenters. The van der Waals surface area contributed by atoms with Gasteiger partial charge in [-0.15, -0.1) is 10.2 Å².